The van der Waals surface area contributed by atoms with E-state index in [4.69, 9.17) is 4.42 Å². The first kappa shape index (κ1) is 22.0. The zero-order chi connectivity index (χ0) is 21.7. The van der Waals surface area contributed by atoms with Crippen molar-refractivity contribution < 1.29 is 9.52 Å². The number of aryl methyl sites for hydroxylation is 3. The third-order valence-electron chi connectivity index (χ3n) is 5.03. The molecular weight excluding hydrogens is 400 g/mol. The molecule has 0 aromatic carbocycles. The average Bonchev–Trinajstić information content (AvgIpc) is 3.40. The smallest absolute Gasteiger partial charge is 0.191 e. The van der Waals surface area contributed by atoms with E-state index < -0.39 is 5.60 Å². The molecule has 0 saturated carbocycles. The third kappa shape index (κ3) is 5.48. The van der Waals surface area contributed by atoms with Gasteiger partial charge in [-0.1, -0.05) is 6.07 Å². The van der Waals surface area contributed by atoms with Gasteiger partial charge in [-0.05, 0) is 51.6 Å². The van der Waals surface area contributed by atoms with Crippen LogP contribution < -0.4 is 10.6 Å². The first-order chi connectivity index (χ1) is 14.3. The highest BCUT2D eigenvalue weighted by atomic mass is 32.1. The van der Waals surface area contributed by atoms with E-state index in [0.717, 1.165) is 41.7 Å². The van der Waals surface area contributed by atoms with Crippen molar-refractivity contribution in [3.05, 3.63) is 57.2 Å². The highest BCUT2D eigenvalue weighted by Crippen LogP contribution is 2.26. The van der Waals surface area contributed by atoms with Crippen LogP contribution in [-0.4, -0.2) is 38.9 Å². The second-order valence-corrected chi connectivity index (χ2v) is 8.63. The Morgan fingerprint density at radius 1 is 1.30 bits per heavy atom. The number of nitrogens with zero attached hydrogens (tertiary/aromatic N) is 4. The summed E-state index contributed by atoms with van der Waals surface area (Å²) in [5.74, 6) is 3.74. The van der Waals surface area contributed by atoms with Crippen molar-refractivity contribution >= 4 is 17.3 Å². The summed E-state index contributed by atoms with van der Waals surface area (Å²) in [5, 5.41) is 27.9. The number of thiophene rings is 1. The van der Waals surface area contributed by atoms with E-state index in [-0.39, 0.29) is 6.54 Å². The number of aliphatic imine (C=N–C) groups is 1. The molecule has 0 amide bonds. The molecule has 0 saturated heterocycles. The third-order valence-corrected chi connectivity index (χ3v) is 5.96. The number of rotatable bonds is 8. The van der Waals surface area contributed by atoms with Gasteiger partial charge in [-0.3, -0.25) is 0 Å². The van der Waals surface area contributed by atoms with Gasteiger partial charge in [-0.15, -0.1) is 21.5 Å². The average molecular weight is 431 g/mol. The standard InChI is InChI=1S/C21H30N6O2S/c1-14-11-18(15(2)29-14)21(4,28)13-24-20(22-9-8-17-7-6-10-30-17)23-12-19-26-25-16(3)27(19)5/h6-7,10-11,28H,8-9,12-13H2,1-5H3,(H2,22,23,24). The fourth-order valence-corrected chi connectivity index (χ4v) is 3.90. The van der Waals surface area contributed by atoms with Crippen LogP contribution in [0.4, 0.5) is 0 Å². The van der Waals surface area contributed by atoms with E-state index in [1.54, 1.807) is 18.3 Å². The molecule has 0 aliphatic rings. The topological polar surface area (TPSA) is 101 Å². The lowest BCUT2D eigenvalue weighted by Gasteiger charge is -2.24. The Bertz CT molecular complexity index is 987. The van der Waals surface area contributed by atoms with Gasteiger partial charge in [-0.25, -0.2) is 4.99 Å². The number of hydrogen-bond acceptors (Lipinski definition) is 6. The van der Waals surface area contributed by atoms with Crippen molar-refractivity contribution in [2.75, 3.05) is 13.1 Å². The van der Waals surface area contributed by atoms with Gasteiger partial charge in [0.05, 0.1) is 6.54 Å². The second kappa shape index (κ2) is 9.44. The Hall–Kier alpha value is -2.65. The summed E-state index contributed by atoms with van der Waals surface area (Å²) < 4.78 is 7.50. The number of nitrogens with one attached hydrogen (secondary N) is 2. The van der Waals surface area contributed by atoms with Crippen LogP contribution >= 0.6 is 11.3 Å². The molecule has 0 aliphatic carbocycles. The molecule has 30 heavy (non-hydrogen) atoms. The maximum absolute atomic E-state index is 11.0. The maximum atomic E-state index is 11.0. The summed E-state index contributed by atoms with van der Waals surface area (Å²) in [5.41, 5.74) is -0.325. The zero-order valence-corrected chi connectivity index (χ0v) is 19.0. The molecule has 1 atom stereocenters. The fraction of sp³-hybridized carbons (Fsp3) is 0.476. The number of guanidine groups is 1. The molecule has 9 heteroatoms. The predicted molar refractivity (Wildman–Crippen MR) is 119 cm³/mol. The van der Waals surface area contributed by atoms with E-state index in [9.17, 15) is 5.11 Å². The Labute approximate surface area is 181 Å². The molecule has 3 heterocycles. The first-order valence-electron chi connectivity index (χ1n) is 9.95. The van der Waals surface area contributed by atoms with Crippen molar-refractivity contribution in [3.63, 3.8) is 0 Å². The minimum Gasteiger partial charge on any atom is -0.466 e. The van der Waals surface area contributed by atoms with E-state index in [1.165, 1.54) is 4.88 Å². The minimum absolute atomic E-state index is 0.287. The summed E-state index contributed by atoms with van der Waals surface area (Å²) >= 11 is 1.74. The van der Waals surface area contributed by atoms with Crippen molar-refractivity contribution in [2.24, 2.45) is 12.0 Å². The maximum Gasteiger partial charge on any atom is 0.191 e. The monoisotopic (exact) mass is 430 g/mol. The van der Waals surface area contributed by atoms with Gasteiger partial charge in [0.25, 0.3) is 0 Å². The molecular formula is C21H30N6O2S. The van der Waals surface area contributed by atoms with Gasteiger partial charge < -0.3 is 24.7 Å². The van der Waals surface area contributed by atoms with Crippen LogP contribution in [0.15, 0.2) is 33.0 Å². The number of aliphatic hydroxyl groups is 1. The molecule has 0 radical (unpaired) electrons. The van der Waals surface area contributed by atoms with Crippen LogP contribution in [0.3, 0.4) is 0 Å². The van der Waals surface area contributed by atoms with Crippen molar-refractivity contribution in [1.82, 2.24) is 25.4 Å². The van der Waals surface area contributed by atoms with E-state index in [1.807, 2.05) is 38.5 Å². The minimum atomic E-state index is -1.10. The number of hydrogen-bond donors (Lipinski definition) is 3. The molecule has 3 N–H and O–H groups in total. The van der Waals surface area contributed by atoms with Crippen molar-refractivity contribution in [1.29, 1.82) is 0 Å². The lowest BCUT2D eigenvalue weighted by molar-refractivity contribution is 0.0601. The molecule has 0 bridgehead atoms. The molecule has 3 aromatic rings. The predicted octanol–water partition coefficient (Wildman–Crippen LogP) is 2.58. The van der Waals surface area contributed by atoms with Crippen LogP contribution in [0.2, 0.25) is 0 Å². The van der Waals surface area contributed by atoms with Crippen LogP contribution in [0, 0.1) is 20.8 Å². The molecule has 3 aromatic heterocycles. The van der Waals surface area contributed by atoms with Gasteiger partial charge in [0.2, 0.25) is 0 Å². The van der Waals surface area contributed by atoms with Gasteiger partial charge in [0.1, 0.15) is 29.5 Å². The zero-order valence-electron chi connectivity index (χ0n) is 18.2. The Balaban J connectivity index is 1.68. The highest BCUT2D eigenvalue weighted by Gasteiger charge is 2.28. The quantitative estimate of drug-likeness (QED) is 0.375. The van der Waals surface area contributed by atoms with Gasteiger partial charge in [0.15, 0.2) is 11.8 Å². The van der Waals surface area contributed by atoms with Gasteiger partial charge in [0, 0.05) is 24.0 Å². The lowest BCUT2D eigenvalue weighted by Crippen LogP contribution is -2.45. The molecule has 162 valence electrons. The molecule has 1 unspecified atom stereocenters. The largest absolute Gasteiger partial charge is 0.466 e. The Morgan fingerprint density at radius 2 is 2.10 bits per heavy atom. The highest BCUT2D eigenvalue weighted by molar-refractivity contribution is 7.09. The van der Waals surface area contributed by atoms with E-state index >= 15 is 0 Å². The molecule has 0 spiro atoms. The lowest BCUT2D eigenvalue weighted by atomic mass is 9.96. The summed E-state index contributed by atoms with van der Waals surface area (Å²) in [4.78, 5) is 5.96. The Kier molecular flexibility index (Phi) is 6.94. The summed E-state index contributed by atoms with van der Waals surface area (Å²) in [6.45, 7) is 8.82. The fourth-order valence-electron chi connectivity index (χ4n) is 3.19. The van der Waals surface area contributed by atoms with Crippen LogP contribution in [-0.2, 0) is 25.6 Å². The van der Waals surface area contributed by atoms with Gasteiger partial charge in [-0.2, -0.15) is 0 Å². The normalized spacial score (nSPS) is 14.0. The van der Waals surface area contributed by atoms with Crippen molar-refractivity contribution in [3.8, 4) is 0 Å². The first-order valence-corrected chi connectivity index (χ1v) is 10.8. The van der Waals surface area contributed by atoms with Gasteiger partial charge >= 0.3 is 0 Å². The molecule has 0 fully saturated rings. The Morgan fingerprint density at radius 3 is 2.70 bits per heavy atom. The molecule has 3 rings (SSSR count). The van der Waals surface area contributed by atoms with Crippen LogP contribution in [0.25, 0.3) is 0 Å². The number of furan rings is 1. The van der Waals surface area contributed by atoms with Crippen molar-refractivity contribution in [2.45, 2.75) is 46.3 Å². The molecule has 0 aliphatic heterocycles. The summed E-state index contributed by atoms with van der Waals surface area (Å²) in [7, 11) is 1.92. The van der Waals surface area contributed by atoms with Crippen LogP contribution in [0.1, 0.15) is 40.5 Å². The SMILES string of the molecule is Cc1cc(C(C)(O)CNC(=NCc2nnc(C)n2C)NCCc2cccs2)c(C)o1. The van der Waals surface area contributed by atoms with Crippen LogP contribution in [0.5, 0.6) is 0 Å². The second-order valence-electron chi connectivity index (χ2n) is 7.60. The summed E-state index contributed by atoms with van der Waals surface area (Å²) in [6, 6.07) is 6.05. The molecule has 8 nitrogen and oxygen atoms in total. The summed E-state index contributed by atoms with van der Waals surface area (Å²) in [6.07, 6.45) is 0.901. The van der Waals surface area contributed by atoms with E-state index in [2.05, 4.69) is 43.3 Å². The van der Waals surface area contributed by atoms with E-state index in [0.29, 0.717) is 12.5 Å². The number of aromatic nitrogens is 3.